The Balaban J connectivity index is 2.02. The van der Waals surface area contributed by atoms with Gasteiger partial charge >= 0.3 is 0 Å². The summed E-state index contributed by atoms with van der Waals surface area (Å²) in [5.41, 5.74) is 1.82. The Morgan fingerprint density at radius 3 is 2.79 bits per heavy atom. The van der Waals surface area contributed by atoms with Crippen molar-refractivity contribution in [1.29, 1.82) is 5.26 Å². The number of nitrogens with one attached hydrogen (secondary N) is 1. The molecule has 2 rings (SSSR count). The largest absolute Gasteiger partial charge is 0.384 e. The fraction of sp³-hybridized carbons (Fsp3) is 0.562. The molecule has 0 atom stereocenters. The second-order valence-corrected chi connectivity index (χ2v) is 6.41. The molecule has 1 saturated carbocycles. The third-order valence-electron chi connectivity index (χ3n) is 3.74. The maximum absolute atomic E-state index is 9.36. The van der Waals surface area contributed by atoms with Crippen molar-refractivity contribution in [3.8, 4) is 6.07 Å². The number of anilines is 1. The highest BCUT2D eigenvalue weighted by molar-refractivity contribution is 7.99. The van der Waals surface area contributed by atoms with Crippen LogP contribution < -0.4 is 5.32 Å². The standard InChI is InChI=1S/C16H22N2S/c1-2-19-16-10-6-9-15(14(16)11-17)18-12-13-7-4-3-5-8-13/h6,9-10,13,18H,2-5,7-8,12H2,1H3. The summed E-state index contributed by atoms with van der Waals surface area (Å²) >= 11 is 1.74. The van der Waals surface area contributed by atoms with Gasteiger partial charge < -0.3 is 5.32 Å². The molecule has 0 heterocycles. The number of hydrogen-bond acceptors (Lipinski definition) is 3. The summed E-state index contributed by atoms with van der Waals surface area (Å²) in [6.45, 7) is 3.13. The monoisotopic (exact) mass is 274 g/mol. The molecule has 2 nitrogen and oxygen atoms in total. The van der Waals surface area contributed by atoms with Gasteiger partial charge in [-0.05, 0) is 36.6 Å². The minimum Gasteiger partial charge on any atom is -0.384 e. The summed E-state index contributed by atoms with van der Waals surface area (Å²) in [7, 11) is 0. The van der Waals surface area contributed by atoms with Crippen molar-refractivity contribution < 1.29 is 0 Å². The molecular weight excluding hydrogens is 252 g/mol. The summed E-state index contributed by atoms with van der Waals surface area (Å²) in [5, 5.41) is 12.9. The fourth-order valence-corrected chi connectivity index (χ4v) is 3.50. The minimum absolute atomic E-state index is 0.780. The normalized spacial score (nSPS) is 16.0. The highest BCUT2D eigenvalue weighted by Gasteiger charge is 2.14. The van der Waals surface area contributed by atoms with Gasteiger partial charge in [-0.2, -0.15) is 5.26 Å². The van der Waals surface area contributed by atoms with E-state index in [2.05, 4.69) is 18.3 Å². The molecule has 1 aliphatic rings. The van der Waals surface area contributed by atoms with Crippen molar-refractivity contribution in [3.63, 3.8) is 0 Å². The first-order valence-electron chi connectivity index (χ1n) is 7.25. The molecule has 3 heteroatoms. The Morgan fingerprint density at radius 2 is 2.11 bits per heavy atom. The Morgan fingerprint density at radius 1 is 1.32 bits per heavy atom. The lowest BCUT2D eigenvalue weighted by Crippen LogP contribution is -2.17. The molecule has 1 aromatic rings. The van der Waals surface area contributed by atoms with Crippen LogP contribution in [-0.2, 0) is 0 Å². The summed E-state index contributed by atoms with van der Waals surface area (Å²) in [5.74, 6) is 1.78. The molecule has 0 aliphatic heterocycles. The molecular formula is C16H22N2S. The molecule has 0 bridgehead atoms. The van der Waals surface area contributed by atoms with Crippen LogP contribution in [0.15, 0.2) is 23.1 Å². The zero-order valence-electron chi connectivity index (χ0n) is 11.6. The van der Waals surface area contributed by atoms with E-state index >= 15 is 0 Å². The number of rotatable bonds is 5. The maximum atomic E-state index is 9.36. The van der Waals surface area contributed by atoms with Gasteiger partial charge in [0.1, 0.15) is 6.07 Å². The highest BCUT2D eigenvalue weighted by Crippen LogP contribution is 2.29. The van der Waals surface area contributed by atoms with Crippen molar-refractivity contribution in [2.24, 2.45) is 5.92 Å². The fourth-order valence-electron chi connectivity index (χ4n) is 2.72. The molecule has 1 aromatic carbocycles. The van der Waals surface area contributed by atoms with E-state index in [-0.39, 0.29) is 0 Å². The molecule has 0 spiro atoms. The third-order valence-corrected chi connectivity index (χ3v) is 4.68. The smallest absolute Gasteiger partial charge is 0.102 e. The lowest BCUT2D eigenvalue weighted by atomic mass is 9.89. The van der Waals surface area contributed by atoms with E-state index in [4.69, 9.17) is 0 Å². The van der Waals surface area contributed by atoms with Crippen molar-refractivity contribution in [2.75, 3.05) is 17.6 Å². The summed E-state index contributed by atoms with van der Waals surface area (Å²) in [6, 6.07) is 8.47. The molecule has 0 radical (unpaired) electrons. The van der Waals surface area contributed by atoms with Gasteiger partial charge in [0, 0.05) is 11.4 Å². The number of nitriles is 1. The van der Waals surface area contributed by atoms with Crippen LogP contribution in [0.1, 0.15) is 44.6 Å². The van der Waals surface area contributed by atoms with Gasteiger partial charge in [0.25, 0.3) is 0 Å². The third kappa shape index (κ3) is 3.91. The topological polar surface area (TPSA) is 35.8 Å². The van der Waals surface area contributed by atoms with Gasteiger partial charge in [0.15, 0.2) is 0 Å². The van der Waals surface area contributed by atoms with E-state index in [1.54, 1.807) is 11.8 Å². The molecule has 19 heavy (non-hydrogen) atoms. The van der Waals surface area contributed by atoms with Crippen molar-refractivity contribution in [1.82, 2.24) is 0 Å². The van der Waals surface area contributed by atoms with Gasteiger partial charge in [-0.25, -0.2) is 0 Å². The van der Waals surface area contributed by atoms with Crippen LogP contribution in [-0.4, -0.2) is 12.3 Å². The number of nitrogens with zero attached hydrogens (tertiary/aromatic N) is 1. The van der Waals surface area contributed by atoms with Gasteiger partial charge in [0.05, 0.1) is 11.3 Å². The maximum Gasteiger partial charge on any atom is 0.102 e. The second kappa shape index (κ2) is 7.45. The van der Waals surface area contributed by atoms with Crippen LogP contribution >= 0.6 is 11.8 Å². The average molecular weight is 274 g/mol. The quantitative estimate of drug-likeness (QED) is 0.793. The first-order chi connectivity index (χ1) is 9.35. The van der Waals surface area contributed by atoms with E-state index in [1.165, 1.54) is 32.1 Å². The zero-order chi connectivity index (χ0) is 13.5. The van der Waals surface area contributed by atoms with E-state index < -0.39 is 0 Å². The van der Waals surface area contributed by atoms with Crippen molar-refractivity contribution >= 4 is 17.4 Å². The summed E-state index contributed by atoms with van der Waals surface area (Å²) in [4.78, 5) is 1.10. The van der Waals surface area contributed by atoms with Gasteiger partial charge in [0.2, 0.25) is 0 Å². The predicted octanol–water partition coefficient (Wildman–Crippen LogP) is 4.66. The van der Waals surface area contributed by atoms with Crippen LogP contribution in [0.25, 0.3) is 0 Å². The Hall–Kier alpha value is -1.14. The van der Waals surface area contributed by atoms with E-state index in [0.29, 0.717) is 0 Å². The lowest BCUT2D eigenvalue weighted by Gasteiger charge is -2.22. The molecule has 0 unspecified atom stereocenters. The van der Waals surface area contributed by atoms with E-state index in [9.17, 15) is 5.26 Å². The summed E-state index contributed by atoms with van der Waals surface area (Å²) in [6.07, 6.45) is 6.78. The van der Waals surface area contributed by atoms with Crippen LogP contribution in [0, 0.1) is 17.2 Å². The van der Waals surface area contributed by atoms with E-state index in [1.807, 2.05) is 18.2 Å². The molecule has 1 fully saturated rings. The number of thioether (sulfide) groups is 1. The van der Waals surface area contributed by atoms with Crippen LogP contribution in [0.4, 0.5) is 5.69 Å². The Labute approximate surface area is 120 Å². The van der Waals surface area contributed by atoms with Crippen molar-refractivity contribution in [3.05, 3.63) is 23.8 Å². The zero-order valence-corrected chi connectivity index (χ0v) is 12.4. The van der Waals surface area contributed by atoms with Crippen molar-refractivity contribution in [2.45, 2.75) is 43.9 Å². The first-order valence-corrected chi connectivity index (χ1v) is 8.23. The average Bonchev–Trinajstić information content (AvgIpc) is 2.46. The highest BCUT2D eigenvalue weighted by atomic mass is 32.2. The molecule has 0 aromatic heterocycles. The number of hydrogen-bond donors (Lipinski definition) is 1. The predicted molar refractivity (Wildman–Crippen MR) is 82.6 cm³/mol. The molecule has 1 N–H and O–H groups in total. The lowest BCUT2D eigenvalue weighted by molar-refractivity contribution is 0.373. The van der Waals surface area contributed by atoms with Gasteiger partial charge in [-0.1, -0.05) is 32.3 Å². The molecule has 0 saturated heterocycles. The van der Waals surface area contributed by atoms with Crippen LogP contribution in [0.2, 0.25) is 0 Å². The van der Waals surface area contributed by atoms with Crippen LogP contribution in [0.3, 0.4) is 0 Å². The van der Waals surface area contributed by atoms with Gasteiger partial charge in [-0.3, -0.25) is 0 Å². The Bertz CT molecular complexity index is 445. The summed E-state index contributed by atoms with van der Waals surface area (Å²) < 4.78 is 0. The minimum atomic E-state index is 0.780. The molecule has 1 aliphatic carbocycles. The number of benzene rings is 1. The second-order valence-electron chi connectivity index (χ2n) is 5.11. The Kier molecular flexibility index (Phi) is 5.60. The first kappa shape index (κ1) is 14.3. The van der Waals surface area contributed by atoms with E-state index in [0.717, 1.165) is 34.4 Å². The SMILES string of the molecule is CCSc1cccc(NCC2CCCCC2)c1C#N. The molecule has 102 valence electrons. The van der Waals surface area contributed by atoms with Crippen LogP contribution in [0.5, 0.6) is 0 Å². The molecule has 0 amide bonds. The van der Waals surface area contributed by atoms with Gasteiger partial charge in [-0.15, -0.1) is 11.8 Å².